The van der Waals surface area contributed by atoms with Crippen LogP contribution < -0.4 is 5.32 Å². The Hall–Kier alpha value is -2.14. The number of hydrogen-bond acceptors (Lipinski definition) is 3. The van der Waals surface area contributed by atoms with Crippen LogP contribution in [-0.2, 0) is 14.3 Å². The Labute approximate surface area is 136 Å². The van der Waals surface area contributed by atoms with Crippen molar-refractivity contribution < 1.29 is 14.3 Å². The number of anilines is 1. The number of nitrogens with one attached hydrogen (secondary N) is 1. The summed E-state index contributed by atoms with van der Waals surface area (Å²) >= 11 is 3.35. The zero-order chi connectivity index (χ0) is 15.5. The number of carbonyl (C=O) groups excluding carboxylic acids is 2. The third kappa shape index (κ3) is 3.20. The monoisotopic (exact) mass is 359 g/mol. The van der Waals surface area contributed by atoms with Crippen molar-refractivity contribution in [1.29, 1.82) is 0 Å². The lowest BCUT2D eigenvalue weighted by atomic mass is 9.94. The third-order valence-corrected chi connectivity index (χ3v) is 4.12. The topological polar surface area (TPSA) is 55.4 Å². The van der Waals surface area contributed by atoms with Gasteiger partial charge in [-0.15, -0.1) is 0 Å². The SMILES string of the molecule is O=C1C[C@H](C(=O)Nc2ccc(Br)cc2)[C@@H](c2ccccc2)O1. The van der Waals surface area contributed by atoms with Crippen LogP contribution in [0, 0.1) is 5.92 Å². The van der Waals surface area contributed by atoms with E-state index in [2.05, 4.69) is 21.2 Å². The molecule has 1 amide bonds. The molecular formula is C17H14BrNO3. The van der Waals surface area contributed by atoms with Gasteiger partial charge in [0.15, 0.2) is 0 Å². The zero-order valence-electron chi connectivity index (χ0n) is 11.7. The summed E-state index contributed by atoms with van der Waals surface area (Å²) in [6.07, 6.45) is -0.425. The molecule has 1 heterocycles. The normalized spacial score (nSPS) is 20.5. The first kappa shape index (κ1) is 14.8. The van der Waals surface area contributed by atoms with Crippen LogP contribution in [0.15, 0.2) is 59.1 Å². The molecule has 0 bridgehead atoms. The number of cyclic esters (lactones) is 1. The molecule has 1 N–H and O–H groups in total. The highest BCUT2D eigenvalue weighted by atomic mass is 79.9. The molecule has 22 heavy (non-hydrogen) atoms. The van der Waals surface area contributed by atoms with Crippen LogP contribution in [0.1, 0.15) is 18.1 Å². The fourth-order valence-electron chi connectivity index (χ4n) is 2.50. The second-order valence-corrected chi connectivity index (χ2v) is 6.04. The fourth-order valence-corrected chi connectivity index (χ4v) is 2.76. The van der Waals surface area contributed by atoms with Crippen LogP contribution in [0.5, 0.6) is 0 Å². The summed E-state index contributed by atoms with van der Waals surface area (Å²) in [4.78, 5) is 24.1. The highest BCUT2D eigenvalue weighted by Gasteiger charge is 2.40. The van der Waals surface area contributed by atoms with Gasteiger partial charge in [0, 0.05) is 10.2 Å². The number of rotatable bonds is 3. The summed E-state index contributed by atoms with van der Waals surface area (Å²) in [6, 6.07) is 16.6. The summed E-state index contributed by atoms with van der Waals surface area (Å²) in [5, 5.41) is 2.84. The van der Waals surface area contributed by atoms with Crippen molar-refractivity contribution in [3.63, 3.8) is 0 Å². The lowest BCUT2D eigenvalue weighted by molar-refractivity contribution is -0.141. The van der Waals surface area contributed by atoms with Gasteiger partial charge in [-0.1, -0.05) is 46.3 Å². The first-order chi connectivity index (χ1) is 10.6. The van der Waals surface area contributed by atoms with E-state index in [1.54, 1.807) is 12.1 Å². The maximum absolute atomic E-state index is 12.5. The highest BCUT2D eigenvalue weighted by molar-refractivity contribution is 9.10. The smallest absolute Gasteiger partial charge is 0.307 e. The minimum absolute atomic E-state index is 0.0991. The van der Waals surface area contributed by atoms with Crippen molar-refractivity contribution >= 4 is 33.5 Å². The molecule has 1 fully saturated rings. The van der Waals surface area contributed by atoms with Gasteiger partial charge in [-0.3, -0.25) is 9.59 Å². The molecule has 1 aliphatic rings. The predicted octanol–water partition coefficient (Wildman–Crippen LogP) is 3.69. The molecule has 5 heteroatoms. The Bertz CT molecular complexity index is 685. The van der Waals surface area contributed by atoms with Gasteiger partial charge < -0.3 is 10.1 Å². The highest BCUT2D eigenvalue weighted by Crippen LogP contribution is 2.36. The first-order valence-corrected chi connectivity index (χ1v) is 7.73. The maximum Gasteiger partial charge on any atom is 0.307 e. The van der Waals surface area contributed by atoms with Gasteiger partial charge in [-0.25, -0.2) is 0 Å². The van der Waals surface area contributed by atoms with Crippen molar-refractivity contribution in [3.8, 4) is 0 Å². The van der Waals surface area contributed by atoms with Gasteiger partial charge in [0.1, 0.15) is 6.10 Å². The minimum Gasteiger partial charge on any atom is -0.457 e. The van der Waals surface area contributed by atoms with Crippen LogP contribution in [0.3, 0.4) is 0 Å². The number of benzene rings is 2. The summed E-state index contributed by atoms with van der Waals surface area (Å²) < 4.78 is 6.27. The molecule has 0 radical (unpaired) electrons. The van der Waals surface area contributed by atoms with E-state index < -0.39 is 12.0 Å². The van der Waals surface area contributed by atoms with E-state index in [0.29, 0.717) is 5.69 Å². The molecule has 0 unspecified atom stereocenters. The second-order valence-electron chi connectivity index (χ2n) is 5.13. The van der Waals surface area contributed by atoms with Crippen molar-refractivity contribution in [3.05, 3.63) is 64.6 Å². The van der Waals surface area contributed by atoms with E-state index in [1.807, 2.05) is 42.5 Å². The Morgan fingerprint density at radius 1 is 1.09 bits per heavy atom. The van der Waals surface area contributed by atoms with Crippen LogP contribution in [0.2, 0.25) is 0 Å². The molecule has 112 valence electrons. The van der Waals surface area contributed by atoms with Gasteiger partial charge in [0.25, 0.3) is 0 Å². The largest absolute Gasteiger partial charge is 0.457 e. The van der Waals surface area contributed by atoms with Gasteiger partial charge in [-0.05, 0) is 29.8 Å². The average Bonchev–Trinajstić information content (AvgIpc) is 2.92. The quantitative estimate of drug-likeness (QED) is 0.850. The van der Waals surface area contributed by atoms with Gasteiger partial charge >= 0.3 is 5.97 Å². The molecule has 0 saturated carbocycles. The predicted molar refractivity (Wildman–Crippen MR) is 86.2 cm³/mol. The standard InChI is InChI=1S/C17H14BrNO3/c18-12-6-8-13(9-7-12)19-17(21)14-10-15(20)22-16(14)11-4-2-1-3-5-11/h1-9,14,16H,10H2,(H,19,21)/t14-,16+/m0/s1. The van der Waals surface area contributed by atoms with Crippen LogP contribution >= 0.6 is 15.9 Å². The lowest BCUT2D eigenvalue weighted by Crippen LogP contribution is -2.25. The summed E-state index contributed by atoms with van der Waals surface area (Å²) in [7, 11) is 0. The number of ether oxygens (including phenoxy) is 1. The molecule has 3 rings (SSSR count). The van der Waals surface area contributed by atoms with Crippen molar-refractivity contribution in [1.82, 2.24) is 0 Å². The molecule has 0 spiro atoms. The van der Waals surface area contributed by atoms with E-state index in [-0.39, 0.29) is 18.3 Å². The maximum atomic E-state index is 12.5. The lowest BCUT2D eigenvalue weighted by Gasteiger charge is -2.17. The molecule has 0 aromatic heterocycles. The van der Waals surface area contributed by atoms with Crippen LogP contribution in [0.4, 0.5) is 5.69 Å². The number of halogens is 1. The van der Waals surface area contributed by atoms with Gasteiger partial charge in [0.05, 0.1) is 12.3 Å². The molecule has 2 aromatic carbocycles. The van der Waals surface area contributed by atoms with Crippen molar-refractivity contribution in [2.45, 2.75) is 12.5 Å². The number of carbonyl (C=O) groups is 2. The zero-order valence-corrected chi connectivity index (χ0v) is 13.2. The number of amides is 1. The second kappa shape index (κ2) is 6.32. The van der Waals surface area contributed by atoms with Crippen LogP contribution in [0.25, 0.3) is 0 Å². The van der Waals surface area contributed by atoms with E-state index in [4.69, 9.17) is 4.74 Å². The van der Waals surface area contributed by atoms with E-state index in [0.717, 1.165) is 10.0 Å². The Kier molecular flexibility index (Phi) is 4.24. The minimum atomic E-state index is -0.524. The van der Waals surface area contributed by atoms with Gasteiger partial charge in [0.2, 0.25) is 5.91 Å². The molecule has 0 aliphatic carbocycles. The van der Waals surface area contributed by atoms with Gasteiger partial charge in [-0.2, -0.15) is 0 Å². The molecule has 4 nitrogen and oxygen atoms in total. The third-order valence-electron chi connectivity index (χ3n) is 3.59. The van der Waals surface area contributed by atoms with E-state index >= 15 is 0 Å². The Morgan fingerprint density at radius 3 is 2.45 bits per heavy atom. The van der Waals surface area contributed by atoms with E-state index in [9.17, 15) is 9.59 Å². The summed E-state index contributed by atoms with van der Waals surface area (Å²) in [5.41, 5.74) is 1.53. The summed E-state index contributed by atoms with van der Waals surface area (Å²) in [6.45, 7) is 0. The van der Waals surface area contributed by atoms with Crippen LogP contribution in [-0.4, -0.2) is 11.9 Å². The van der Waals surface area contributed by atoms with Crippen molar-refractivity contribution in [2.24, 2.45) is 5.92 Å². The van der Waals surface area contributed by atoms with Crippen molar-refractivity contribution in [2.75, 3.05) is 5.32 Å². The number of esters is 1. The molecule has 2 atom stereocenters. The Morgan fingerprint density at radius 2 is 1.77 bits per heavy atom. The summed E-state index contributed by atoms with van der Waals surface area (Å²) in [5.74, 6) is -1.06. The van der Waals surface area contributed by atoms with E-state index in [1.165, 1.54) is 0 Å². The molecule has 2 aromatic rings. The average molecular weight is 360 g/mol. The molecule has 1 aliphatic heterocycles. The fraction of sp³-hybridized carbons (Fsp3) is 0.176. The molecule has 1 saturated heterocycles. The Balaban J connectivity index is 1.78. The molecular weight excluding hydrogens is 346 g/mol. The number of hydrogen-bond donors (Lipinski definition) is 1. The first-order valence-electron chi connectivity index (χ1n) is 6.94.